The van der Waals surface area contributed by atoms with Gasteiger partial charge in [-0.1, -0.05) is 30.3 Å². The topological polar surface area (TPSA) is 114 Å². The van der Waals surface area contributed by atoms with E-state index in [1.807, 2.05) is 0 Å². The fraction of sp³-hybridized carbons (Fsp3) is 0.231. The van der Waals surface area contributed by atoms with Crippen molar-refractivity contribution in [3.63, 3.8) is 0 Å². The lowest BCUT2D eigenvalue weighted by Gasteiger charge is -2.03. The second kappa shape index (κ2) is 6.89. The molecule has 1 rings (SSSR count). The van der Waals surface area contributed by atoms with Gasteiger partial charge >= 0.3 is 0 Å². The van der Waals surface area contributed by atoms with Crippen molar-refractivity contribution in [2.45, 2.75) is 13.3 Å². The van der Waals surface area contributed by atoms with Crippen molar-refractivity contribution < 1.29 is 27.6 Å². The molecule has 21 heavy (non-hydrogen) atoms. The molecule has 1 aromatic rings. The Balaban J connectivity index is 2.58. The maximum atomic E-state index is 11.7. The standard InChI is InChI=1S/C13H13NO6S/c1-9(15)21(19,20)8-7-11(16)14-13(18)12(17)10-5-3-2-4-6-10/h2-6H,7-8H2,1H3,(H,14,16,18). The van der Waals surface area contributed by atoms with Crippen LogP contribution in [-0.4, -0.2) is 36.9 Å². The number of hydrogen-bond acceptors (Lipinski definition) is 6. The zero-order chi connectivity index (χ0) is 16.0. The molecule has 1 N–H and O–H groups in total. The average Bonchev–Trinajstić information content (AvgIpc) is 2.45. The van der Waals surface area contributed by atoms with Crippen LogP contribution in [0.5, 0.6) is 0 Å². The number of Topliss-reactive ketones (excluding diaryl/α,β-unsaturated/α-hetero) is 1. The number of carbonyl (C=O) groups excluding carboxylic acids is 4. The molecule has 112 valence electrons. The molecule has 0 bridgehead atoms. The van der Waals surface area contributed by atoms with Gasteiger partial charge in [-0.25, -0.2) is 8.42 Å². The van der Waals surface area contributed by atoms with Crippen molar-refractivity contribution in [3.8, 4) is 0 Å². The first-order valence-corrected chi connectivity index (χ1v) is 7.56. The van der Waals surface area contributed by atoms with Gasteiger partial charge in [0.2, 0.25) is 20.9 Å². The summed E-state index contributed by atoms with van der Waals surface area (Å²) in [5.74, 6) is -3.69. The molecular weight excluding hydrogens is 298 g/mol. The quantitative estimate of drug-likeness (QED) is 0.598. The van der Waals surface area contributed by atoms with Crippen molar-refractivity contribution in [1.82, 2.24) is 5.32 Å². The number of ketones is 1. The highest BCUT2D eigenvalue weighted by Crippen LogP contribution is 2.00. The van der Waals surface area contributed by atoms with Crippen LogP contribution in [0.15, 0.2) is 30.3 Å². The van der Waals surface area contributed by atoms with Gasteiger partial charge in [-0.2, -0.15) is 0 Å². The van der Waals surface area contributed by atoms with Gasteiger partial charge in [0.25, 0.3) is 11.7 Å². The Morgan fingerprint density at radius 1 is 1.05 bits per heavy atom. The highest BCUT2D eigenvalue weighted by Gasteiger charge is 2.22. The zero-order valence-electron chi connectivity index (χ0n) is 11.2. The summed E-state index contributed by atoms with van der Waals surface area (Å²) < 4.78 is 22.4. The molecule has 1 aromatic carbocycles. The molecule has 8 heteroatoms. The summed E-state index contributed by atoms with van der Waals surface area (Å²) in [6.07, 6.45) is -0.574. The van der Waals surface area contributed by atoms with Crippen molar-refractivity contribution in [2.24, 2.45) is 0 Å². The van der Waals surface area contributed by atoms with E-state index in [0.717, 1.165) is 6.92 Å². The maximum Gasteiger partial charge on any atom is 0.298 e. The first-order valence-electron chi connectivity index (χ1n) is 5.91. The number of nitrogens with one attached hydrogen (secondary N) is 1. The molecule has 0 aliphatic rings. The number of imide groups is 1. The van der Waals surface area contributed by atoms with Crippen molar-refractivity contribution in [2.75, 3.05) is 5.75 Å². The highest BCUT2D eigenvalue weighted by molar-refractivity contribution is 8.06. The number of sulfone groups is 1. The summed E-state index contributed by atoms with van der Waals surface area (Å²) >= 11 is 0. The summed E-state index contributed by atoms with van der Waals surface area (Å²) in [4.78, 5) is 45.3. The van der Waals surface area contributed by atoms with Crippen molar-refractivity contribution >= 4 is 32.6 Å². The molecule has 0 atom stereocenters. The van der Waals surface area contributed by atoms with E-state index in [2.05, 4.69) is 0 Å². The third-order valence-electron chi connectivity index (χ3n) is 2.53. The molecule has 0 aliphatic heterocycles. The third kappa shape index (κ3) is 4.92. The molecule has 0 fully saturated rings. The van der Waals surface area contributed by atoms with Crippen LogP contribution in [0.2, 0.25) is 0 Å². The monoisotopic (exact) mass is 311 g/mol. The van der Waals surface area contributed by atoms with Crippen LogP contribution in [0.3, 0.4) is 0 Å². The molecule has 0 spiro atoms. The second-order valence-electron chi connectivity index (χ2n) is 4.13. The number of amides is 2. The van der Waals surface area contributed by atoms with Crippen LogP contribution in [-0.2, 0) is 24.2 Å². The number of carbonyl (C=O) groups is 4. The van der Waals surface area contributed by atoms with Gasteiger partial charge in [-0.15, -0.1) is 0 Å². The molecule has 0 aliphatic carbocycles. The Kier molecular flexibility index (Phi) is 5.48. The molecular formula is C13H13NO6S. The maximum absolute atomic E-state index is 11.7. The van der Waals surface area contributed by atoms with E-state index in [4.69, 9.17) is 0 Å². The molecule has 7 nitrogen and oxygen atoms in total. The summed E-state index contributed by atoms with van der Waals surface area (Å²) in [5, 5.41) is 0.733. The van der Waals surface area contributed by atoms with E-state index < -0.39 is 44.7 Å². The van der Waals surface area contributed by atoms with Crippen LogP contribution in [0.4, 0.5) is 0 Å². The van der Waals surface area contributed by atoms with E-state index in [0.29, 0.717) is 0 Å². The lowest BCUT2D eigenvalue weighted by molar-refractivity contribution is -0.128. The fourth-order valence-corrected chi connectivity index (χ4v) is 2.08. The van der Waals surface area contributed by atoms with Crippen LogP contribution in [0, 0.1) is 0 Å². The number of rotatable bonds is 5. The summed E-state index contributed by atoms with van der Waals surface area (Å²) in [5.41, 5.74) is 0.110. The van der Waals surface area contributed by atoms with E-state index >= 15 is 0 Å². The number of hydrogen-bond donors (Lipinski definition) is 1. The molecule has 0 unspecified atom stereocenters. The van der Waals surface area contributed by atoms with E-state index in [9.17, 15) is 27.6 Å². The third-order valence-corrected chi connectivity index (χ3v) is 4.15. The lowest BCUT2D eigenvalue weighted by atomic mass is 10.1. The van der Waals surface area contributed by atoms with Gasteiger partial charge < -0.3 is 0 Å². The molecule has 0 aromatic heterocycles. The van der Waals surface area contributed by atoms with E-state index in [1.165, 1.54) is 12.1 Å². The molecule has 0 heterocycles. The van der Waals surface area contributed by atoms with Crippen LogP contribution < -0.4 is 5.32 Å². The molecule has 0 radical (unpaired) electrons. The van der Waals surface area contributed by atoms with Gasteiger partial charge in [-0.05, 0) is 0 Å². The second-order valence-corrected chi connectivity index (χ2v) is 6.35. The highest BCUT2D eigenvalue weighted by atomic mass is 32.2. The summed E-state index contributed by atoms with van der Waals surface area (Å²) in [7, 11) is -4.00. The van der Waals surface area contributed by atoms with Crippen LogP contribution >= 0.6 is 0 Å². The Bertz CT molecular complexity index is 678. The lowest BCUT2D eigenvalue weighted by Crippen LogP contribution is -2.37. The van der Waals surface area contributed by atoms with E-state index in [-0.39, 0.29) is 5.56 Å². The summed E-state index contributed by atoms with van der Waals surface area (Å²) in [6.45, 7) is 0.872. The Labute approximate surface area is 121 Å². The first kappa shape index (κ1) is 16.7. The largest absolute Gasteiger partial charge is 0.298 e. The molecule has 2 amide bonds. The SMILES string of the molecule is CC(=O)S(=O)(=O)CCC(=O)NC(=O)C(=O)c1ccccc1. The minimum atomic E-state index is -4.00. The first-order chi connectivity index (χ1) is 9.74. The minimum Gasteiger partial charge on any atom is -0.289 e. The normalized spacial score (nSPS) is 10.7. The van der Waals surface area contributed by atoms with Gasteiger partial charge in [0.15, 0.2) is 0 Å². The van der Waals surface area contributed by atoms with Crippen molar-refractivity contribution in [1.29, 1.82) is 0 Å². The Morgan fingerprint density at radius 2 is 1.62 bits per heavy atom. The average molecular weight is 311 g/mol. The van der Waals surface area contributed by atoms with Crippen LogP contribution in [0.1, 0.15) is 23.7 Å². The molecule has 0 saturated carbocycles. The van der Waals surface area contributed by atoms with Gasteiger partial charge in [0.05, 0.1) is 5.75 Å². The van der Waals surface area contributed by atoms with Crippen LogP contribution in [0.25, 0.3) is 0 Å². The summed E-state index contributed by atoms with van der Waals surface area (Å²) in [6, 6.07) is 7.59. The Morgan fingerprint density at radius 3 is 2.14 bits per heavy atom. The van der Waals surface area contributed by atoms with Gasteiger partial charge in [-0.3, -0.25) is 24.5 Å². The van der Waals surface area contributed by atoms with Gasteiger partial charge in [0.1, 0.15) is 0 Å². The van der Waals surface area contributed by atoms with E-state index in [1.54, 1.807) is 23.5 Å². The predicted molar refractivity (Wildman–Crippen MR) is 73.0 cm³/mol. The zero-order valence-corrected chi connectivity index (χ0v) is 12.0. The predicted octanol–water partition coefficient (Wildman–Crippen LogP) is -0.137. The fourth-order valence-electron chi connectivity index (χ4n) is 1.34. The van der Waals surface area contributed by atoms with Gasteiger partial charge in [0, 0.05) is 18.9 Å². The smallest absolute Gasteiger partial charge is 0.289 e. The Hall–Kier alpha value is -2.35. The molecule has 0 saturated heterocycles. The van der Waals surface area contributed by atoms with Crippen molar-refractivity contribution in [3.05, 3.63) is 35.9 Å². The number of benzene rings is 1. The minimum absolute atomic E-state index is 0.110.